The van der Waals surface area contributed by atoms with Gasteiger partial charge in [-0.25, -0.2) is 4.39 Å². The second-order valence-corrected chi connectivity index (χ2v) is 13.9. The van der Waals surface area contributed by atoms with Crippen LogP contribution < -0.4 is 5.32 Å². The van der Waals surface area contributed by atoms with Crippen molar-refractivity contribution in [2.45, 2.75) is 63.8 Å². The second kappa shape index (κ2) is 15.3. The number of aryl methyl sites for hydroxylation is 1. The first kappa shape index (κ1) is 35.5. The minimum atomic E-state index is -1.39. The first-order valence-electron chi connectivity index (χ1n) is 17.3. The van der Waals surface area contributed by atoms with E-state index in [4.69, 9.17) is 25.8 Å². The van der Waals surface area contributed by atoms with Gasteiger partial charge in [-0.15, -0.1) is 0 Å². The minimum Gasteiger partial charge on any atom is -0.466 e. The lowest BCUT2D eigenvalue weighted by Crippen LogP contribution is -2.73. The average molecular weight is 697 g/mol. The molecule has 0 spiro atoms. The lowest BCUT2D eigenvalue weighted by molar-refractivity contribution is -0.277. The number of aromatic nitrogens is 1. The summed E-state index contributed by atoms with van der Waals surface area (Å²) in [5.74, 6) is -2.82. The van der Waals surface area contributed by atoms with Crippen LogP contribution in [0.3, 0.4) is 0 Å². The van der Waals surface area contributed by atoms with Crippen LogP contribution in [0.25, 0.3) is 10.9 Å². The summed E-state index contributed by atoms with van der Waals surface area (Å²) in [6.07, 6.45) is 5.56. The molecule has 1 aromatic heterocycles. The van der Waals surface area contributed by atoms with Crippen LogP contribution in [0.1, 0.15) is 61.4 Å². The summed E-state index contributed by atoms with van der Waals surface area (Å²) in [4.78, 5) is 44.6. The molecule has 2 saturated heterocycles. The molecule has 10 nitrogen and oxygen atoms in total. The minimum absolute atomic E-state index is 0.124. The van der Waals surface area contributed by atoms with E-state index >= 15 is 4.39 Å². The molecule has 1 saturated carbocycles. The monoisotopic (exact) mass is 696 g/mol. The molecule has 2 aliphatic heterocycles. The third kappa shape index (κ3) is 7.28. The molecule has 1 N–H and O–H groups in total. The molecular weight excluding hydrogens is 651 g/mol. The highest BCUT2D eigenvalue weighted by Gasteiger charge is 2.56. The molecule has 3 heterocycles. The zero-order valence-corrected chi connectivity index (χ0v) is 29.3. The Morgan fingerprint density at radius 2 is 1.76 bits per heavy atom. The predicted molar refractivity (Wildman–Crippen MR) is 185 cm³/mol. The van der Waals surface area contributed by atoms with Gasteiger partial charge in [0.25, 0.3) is 5.91 Å². The number of benzene rings is 2. The Bertz CT molecular complexity index is 1680. The first-order valence-corrected chi connectivity index (χ1v) is 17.7. The number of hydrogen-bond acceptors (Lipinski definition) is 8. The number of carbonyl (C=O) groups excluding carboxylic acids is 3. The molecule has 1 amide bonds. The zero-order valence-electron chi connectivity index (χ0n) is 28.5. The van der Waals surface area contributed by atoms with Gasteiger partial charge in [-0.05, 0) is 69.2 Å². The molecule has 6 rings (SSSR count). The van der Waals surface area contributed by atoms with Crippen molar-refractivity contribution in [3.63, 3.8) is 0 Å². The SMILES string of the molecule is CCOC(=O)[C@H]1CC[C@H](OC(C(=O)Cc2cc(Cl)c(NC(=O)c3cn(C)c4ccccc34)cc2F)(N2CCCC2)N2CC(COC)C2)CC1. The maximum absolute atomic E-state index is 15.9. The summed E-state index contributed by atoms with van der Waals surface area (Å²) >= 11 is 6.65. The number of carbonyl (C=O) groups is 3. The van der Waals surface area contributed by atoms with E-state index in [9.17, 15) is 14.4 Å². The number of nitrogens with zero attached hydrogens (tertiary/aromatic N) is 3. The summed E-state index contributed by atoms with van der Waals surface area (Å²) in [5, 5.41) is 3.66. The van der Waals surface area contributed by atoms with Crippen LogP contribution in [0.5, 0.6) is 0 Å². The van der Waals surface area contributed by atoms with Crippen LogP contribution in [0.2, 0.25) is 5.02 Å². The van der Waals surface area contributed by atoms with Crippen molar-refractivity contribution in [1.82, 2.24) is 14.4 Å². The molecule has 3 aromatic rings. The van der Waals surface area contributed by atoms with Crippen molar-refractivity contribution in [2.24, 2.45) is 18.9 Å². The van der Waals surface area contributed by atoms with E-state index < -0.39 is 17.6 Å². The molecule has 1 unspecified atom stereocenters. The standard InChI is InChI=1S/C37H46ClFN4O6/c1-4-48-36(46)25-11-13-27(14-12-25)49-37(42-15-7-8-16-42,43-20-24(21-43)23-47-3)34(44)18-26-17-30(38)32(19-31(26)39)40-35(45)29-22-41(2)33-10-6-5-9-28(29)33/h5-6,9-10,17,19,22,24-25,27H,4,7-8,11-16,18,20-21,23H2,1-3H3,(H,40,45)/t25-,27-,37?. The predicted octanol–water partition coefficient (Wildman–Crippen LogP) is 5.80. The quantitative estimate of drug-likeness (QED) is 0.224. The van der Waals surface area contributed by atoms with Crippen LogP contribution in [0.4, 0.5) is 10.1 Å². The Morgan fingerprint density at radius 3 is 2.45 bits per heavy atom. The van der Waals surface area contributed by atoms with Gasteiger partial charge in [0.05, 0.1) is 41.5 Å². The molecular formula is C37H46ClFN4O6. The summed E-state index contributed by atoms with van der Waals surface area (Å²) in [6, 6.07) is 10.1. The van der Waals surface area contributed by atoms with E-state index in [1.807, 2.05) is 35.9 Å². The smallest absolute Gasteiger partial charge is 0.308 e. The Balaban J connectivity index is 1.24. The van der Waals surface area contributed by atoms with E-state index in [1.54, 1.807) is 20.2 Å². The number of ether oxygens (including phenoxy) is 3. The first-order chi connectivity index (χ1) is 23.6. The molecule has 3 fully saturated rings. The van der Waals surface area contributed by atoms with Gasteiger partial charge in [-0.1, -0.05) is 29.8 Å². The van der Waals surface area contributed by atoms with Gasteiger partial charge in [0.1, 0.15) is 5.82 Å². The molecule has 0 bridgehead atoms. The van der Waals surface area contributed by atoms with Gasteiger partial charge in [-0.3, -0.25) is 24.2 Å². The van der Waals surface area contributed by atoms with E-state index in [2.05, 4.69) is 15.1 Å². The van der Waals surface area contributed by atoms with E-state index in [-0.39, 0.29) is 52.4 Å². The number of para-hydroxylation sites is 1. The molecule has 49 heavy (non-hydrogen) atoms. The van der Waals surface area contributed by atoms with Gasteiger partial charge in [-0.2, -0.15) is 0 Å². The van der Waals surface area contributed by atoms with Crippen molar-refractivity contribution in [2.75, 3.05) is 51.8 Å². The van der Waals surface area contributed by atoms with Crippen molar-refractivity contribution in [3.05, 3.63) is 64.6 Å². The van der Waals surface area contributed by atoms with Crippen LogP contribution in [0, 0.1) is 17.7 Å². The summed E-state index contributed by atoms with van der Waals surface area (Å²) < 4.78 is 35.3. The number of esters is 1. The molecule has 3 aliphatic rings. The van der Waals surface area contributed by atoms with Crippen molar-refractivity contribution in [1.29, 1.82) is 0 Å². The molecule has 264 valence electrons. The Kier molecular flexibility index (Phi) is 11.1. The zero-order chi connectivity index (χ0) is 34.7. The van der Waals surface area contributed by atoms with Crippen LogP contribution in [-0.4, -0.2) is 90.5 Å². The van der Waals surface area contributed by atoms with Crippen LogP contribution >= 0.6 is 11.6 Å². The Morgan fingerprint density at radius 1 is 1.04 bits per heavy atom. The maximum Gasteiger partial charge on any atom is 0.308 e. The van der Waals surface area contributed by atoms with E-state index in [1.165, 1.54) is 12.1 Å². The highest BCUT2D eigenvalue weighted by atomic mass is 35.5. The number of hydrogen-bond donors (Lipinski definition) is 1. The number of halogens is 2. The second-order valence-electron chi connectivity index (χ2n) is 13.5. The van der Waals surface area contributed by atoms with Gasteiger partial charge < -0.3 is 24.1 Å². The normalized spacial score (nSPS) is 21.7. The fourth-order valence-corrected chi connectivity index (χ4v) is 7.91. The van der Waals surface area contributed by atoms with Gasteiger partial charge in [0.2, 0.25) is 5.85 Å². The average Bonchev–Trinajstić information content (AvgIpc) is 3.73. The third-order valence-corrected chi connectivity index (χ3v) is 10.5. The lowest BCUT2D eigenvalue weighted by Gasteiger charge is -2.55. The number of rotatable bonds is 13. The fraction of sp³-hybridized carbons (Fsp3) is 0.541. The highest BCUT2D eigenvalue weighted by Crippen LogP contribution is 2.40. The Hall–Kier alpha value is -3.35. The molecule has 12 heteroatoms. The summed E-state index contributed by atoms with van der Waals surface area (Å²) in [7, 11) is 3.52. The largest absolute Gasteiger partial charge is 0.466 e. The molecule has 2 aromatic carbocycles. The van der Waals surface area contributed by atoms with Crippen molar-refractivity contribution in [3.8, 4) is 0 Å². The van der Waals surface area contributed by atoms with Gasteiger partial charge >= 0.3 is 5.97 Å². The fourth-order valence-electron chi connectivity index (χ4n) is 7.67. The van der Waals surface area contributed by atoms with E-state index in [0.717, 1.165) is 23.7 Å². The third-order valence-electron chi connectivity index (χ3n) is 10.2. The van der Waals surface area contributed by atoms with Crippen molar-refractivity contribution >= 4 is 45.9 Å². The highest BCUT2D eigenvalue weighted by molar-refractivity contribution is 6.34. The van der Waals surface area contributed by atoms with Crippen LogP contribution in [-0.2, 0) is 37.3 Å². The number of ketones is 1. The molecule has 1 atom stereocenters. The lowest BCUT2D eigenvalue weighted by atomic mass is 9.87. The van der Waals surface area contributed by atoms with Crippen LogP contribution in [0.15, 0.2) is 42.6 Å². The number of nitrogens with one attached hydrogen (secondary N) is 1. The number of fused-ring (bicyclic) bond motifs is 1. The van der Waals surface area contributed by atoms with Crippen molar-refractivity contribution < 1.29 is 33.0 Å². The number of anilines is 1. The summed E-state index contributed by atoms with van der Waals surface area (Å²) in [5.41, 5.74) is 1.59. The van der Waals surface area contributed by atoms with Gasteiger partial charge in [0, 0.05) is 69.8 Å². The molecule has 0 radical (unpaired) electrons. The number of Topliss-reactive ketones (excluding diaryl/α,β-unsaturated/α-hetero) is 1. The van der Waals surface area contributed by atoms with E-state index in [0.29, 0.717) is 70.6 Å². The number of methoxy groups -OCH3 is 1. The maximum atomic E-state index is 15.9. The summed E-state index contributed by atoms with van der Waals surface area (Å²) in [6.45, 7) is 5.29. The molecule has 1 aliphatic carbocycles. The number of amides is 1. The Labute approximate surface area is 291 Å². The van der Waals surface area contributed by atoms with Gasteiger partial charge in [0.15, 0.2) is 5.78 Å². The number of likely N-dealkylation sites (tertiary alicyclic amines) is 2. The topological polar surface area (TPSA) is 102 Å².